The number of hydrogen-bond acceptors (Lipinski definition) is 2. The molecule has 0 atom stereocenters. The van der Waals surface area contributed by atoms with E-state index in [2.05, 4.69) is 0 Å². The van der Waals surface area contributed by atoms with Crippen molar-refractivity contribution >= 4 is 0 Å². The van der Waals surface area contributed by atoms with Gasteiger partial charge in [0.05, 0.1) is 0 Å². The minimum absolute atomic E-state index is 7.67. The molecule has 0 rings (SSSR count). The zero-order valence-electron chi connectivity index (χ0n) is 16.0. The van der Waals surface area contributed by atoms with E-state index in [1.165, 1.54) is 0 Å². The fourth-order valence-corrected chi connectivity index (χ4v) is 1.96. The highest BCUT2D eigenvalue weighted by Gasteiger charge is 2.99. The van der Waals surface area contributed by atoms with Crippen molar-refractivity contribution in [2.24, 2.45) is 0 Å². The summed E-state index contributed by atoms with van der Waals surface area (Å²) in [7, 11) is 0. The van der Waals surface area contributed by atoms with E-state index in [9.17, 15) is 105 Å². The molecule has 0 fully saturated rings. The second kappa shape index (κ2) is 8.37. The Hall–Kier alpha value is -1.76. The molecular weight excluding hydrogens is 632 g/mol. The van der Waals surface area contributed by atoms with Crippen LogP contribution in [0.15, 0.2) is 0 Å². The first-order valence-corrected chi connectivity index (χ1v) is 7.73. The molecule has 0 aliphatic carbocycles. The number of hydrogen-bond donors (Lipinski definition) is 2. The largest absolute Gasteiger partial charge is 0.460 e. The summed E-state index contributed by atoms with van der Waals surface area (Å²) in [6.07, 6.45) is -15.9. The number of aliphatic hydroxyl groups is 2. The molecule has 0 unspecified atom stereocenters. The van der Waals surface area contributed by atoms with Crippen LogP contribution in [0.1, 0.15) is 0 Å². The van der Waals surface area contributed by atoms with Crippen LogP contribution in [0, 0.1) is 0 Å². The van der Waals surface area contributed by atoms with Crippen LogP contribution in [0.4, 0.5) is 105 Å². The first-order valence-electron chi connectivity index (χ1n) is 7.73. The molecule has 2 N–H and O–H groups in total. The molecule has 0 aromatic carbocycles. The standard InChI is InChI=1S/C12H2F24O2/c13-1(14,3(17,18)5(21,22)7(25,26)9(29,30)11(31,32)33)2(15,16)4(19,20)6(23,24)8(27,28)10(37,38)12(34,35)36/h37-38H. The Bertz CT molecular complexity index is 802. The van der Waals surface area contributed by atoms with Gasteiger partial charge in [-0.25, -0.2) is 0 Å². The van der Waals surface area contributed by atoms with Gasteiger partial charge in [0, 0.05) is 0 Å². The highest BCUT2D eigenvalue weighted by atomic mass is 19.4. The topological polar surface area (TPSA) is 40.5 Å². The highest BCUT2D eigenvalue weighted by molar-refractivity contribution is 5.19. The van der Waals surface area contributed by atoms with Gasteiger partial charge in [-0.1, -0.05) is 0 Å². The third-order valence-electron chi connectivity index (χ3n) is 4.34. The van der Waals surface area contributed by atoms with Crippen molar-refractivity contribution < 1.29 is 116 Å². The van der Waals surface area contributed by atoms with E-state index in [4.69, 9.17) is 10.2 Å². The summed E-state index contributed by atoms with van der Waals surface area (Å²) in [6.45, 7) is 0. The quantitative estimate of drug-likeness (QED) is 0.225. The summed E-state index contributed by atoms with van der Waals surface area (Å²) in [5.41, 5.74) is 0. The lowest BCUT2D eigenvalue weighted by Gasteiger charge is -2.45. The fourth-order valence-electron chi connectivity index (χ4n) is 1.96. The number of halogens is 24. The van der Waals surface area contributed by atoms with Crippen LogP contribution in [0.3, 0.4) is 0 Å². The van der Waals surface area contributed by atoms with Crippen molar-refractivity contribution in [3.8, 4) is 0 Å². The molecule has 0 radical (unpaired) electrons. The molecule has 0 aliphatic rings. The Labute approximate surface area is 188 Å². The molecule has 0 spiro atoms. The van der Waals surface area contributed by atoms with Gasteiger partial charge in [0.25, 0.3) is 0 Å². The Balaban J connectivity index is 7.29. The molecule has 230 valence electrons. The van der Waals surface area contributed by atoms with E-state index in [1.54, 1.807) is 0 Å². The van der Waals surface area contributed by atoms with Crippen molar-refractivity contribution in [3.63, 3.8) is 0 Å². The maximum absolute atomic E-state index is 13.4. The van der Waals surface area contributed by atoms with Crippen molar-refractivity contribution in [1.29, 1.82) is 0 Å². The summed E-state index contributed by atoms with van der Waals surface area (Å²) in [5.74, 6) is -90.5. The van der Waals surface area contributed by atoms with Gasteiger partial charge in [-0.05, 0) is 0 Å². The van der Waals surface area contributed by atoms with Crippen LogP contribution in [0.2, 0.25) is 0 Å². The van der Waals surface area contributed by atoms with E-state index in [0.29, 0.717) is 0 Å². The molecular formula is C12H2F24O2. The molecule has 0 aliphatic heterocycles. The van der Waals surface area contributed by atoms with E-state index in [-0.39, 0.29) is 0 Å². The third-order valence-corrected chi connectivity index (χ3v) is 4.34. The summed E-state index contributed by atoms with van der Waals surface area (Å²) in [6, 6.07) is 0. The summed E-state index contributed by atoms with van der Waals surface area (Å²) in [5, 5.41) is 16.0. The van der Waals surface area contributed by atoms with Gasteiger partial charge in [0.15, 0.2) is 0 Å². The third kappa shape index (κ3) is 4.00. The molecule has 0 bridgehead atoms. The second-order valence-corrected chi connectivity index (χ2v) is 6.84. The van der Waals surface area contributed by atoms with Gasteiger partial charge in [-0.3, -0.25) is 0 Å². The van der Waals surface area contributed by atoms with Crippen LogP contribution < -0.4 is 0 Å². The molecule has 38 heavy (non-hydrogen) atoms. The van der Waals surface area contributed by atoms with Crippen LogP contribution in [-0.2, 0) is 0 Å². The van der Waals surface area contributed by atoms with Crippen molar-refractivity contribution in [2.45, 2.75) is 71.4 Å². The average molecular weight is 634 g/mol. The Morgan fingerprint density at radius 1 is 0.211 bits per heavy atom. The lowest BCUT2D eigenvalue weighted by Crippen LogP contribution is -2.79. The Kier molecular flexibility index (Phi) is 7.99. The predicted molar refractivity (Wildman–Crippen MR) is 63.8 cm³/mol. The van der Waals surface area contributed by atoms with Crippen LogP contribution >= 0.6 is 0 Å². The van der Waals surface area contributed by atoms with E-state index >= 15 is 0 Å². The van der Waals surface area contributed by atoms with Crippen molar-refractivity contribution in [3.05, 3.63) is 0 Å². The molecule has 0 saturated carbocycles. The van der Waals surface area contributed by atoms with Gasteiger partial charge in [0.1, 0.15) is 0 Å². The molecule has 26 heteroatoms. The number of alkyl halides is 24. The maximum Gasteiger partial charge on any atom is 0.460 e. The van der Waals surface area contributed by atoms with Crippen LogP contribution in [0.5, 0.6) is 0 Å². The minimum Gasteiger partial charge on any atom is -0.354 e. The highest BCUT2D eigenvalue weighted by Crippen LogP contribution is 2.67. The lowest BCUT2D eigenvalue weighted by atomic mass is 9.85. The van der Waals surface area contributed by atoms with E-state index < -0.39 is 71.4 Å². The lowest BCUT2D eigenvalue weighted by molar-refractivity contribution is -0.498. The van der Waals surface area contributed by atoms with Gasteiger partial charge >= 0.3 is 71.4 Å². The number of rotatable bonds is 9. The molecule has 0 aromatic heterocycles. The molecule has 2 nitrogen and oxygen atoms in total. The zero-order valence-corrected chi connectivity index (χ0v) is 16.0. The van der Waals surface area contributed by atoms with Gasteiger partial charge < -0.3 is 10.2 Å². The van der Waals surface area contributed by atoms with Gasteiger partial charge in [-0.2, -0.15) is 105 Å². The second-order valence-electron chi connectivity index (χ2n) is 6.84. The molecule has 0 saturated heterocycles. The van der Waals surface area contributed by atoms with Gasteiger partial charge in [-0.15, -0.1) is 0 Å². The summed E-state index contributed by atoms with van der Waals surface area (Å²) in [4.78, 5) is 0. The normalized spacial score (nSPS) is 17.2. The first kappa shape index (κ1) is 36.2. The minimum atomic E-state index is -9.57. The Morgan fingerprint density at radius 2 is 0.368 bits per heavy atom. The maximum atomic E-state index is 13.4. The monoisotopic (exact) mass is 634 g/mol. The zero-order chi connectivity index (χ0) is 32.0. The molecule has 0 aromatic rings. The van der Waals surface area contributed by atoms with Crippen LogP contribution in [0.25, 0.3) is 0 Å². The molecule has 0 amide bonds. The van der Waals surface area contributed by atoms with Crippen molar-refractivity contribution in [2.75, 3.05) is 0 Å². The average Bonchev–Trinajstić information content (AvgIpc) is 2.64. The fraction of sp³-hybridized carbons (Fsp3) is 1.00. The summed E-state index contributed by atoms with van der Waals surface area (Å²) >= 11 is 0. The SMILES string of the molecule is OC(O)(C(F)(F)F)C(F)(F)C(F)(F)C(F)(F)C(F)(F)C(F)(F)C(F)(F)C(F)(F)C(F)(F)C(F)(F)C(F)(F)F. The van der Waals surface area contributed by atoms with E-state index in [0.717, 1.165) is 0 Å². The molecule has 0 heterocycles. The van der Waals surface area contributed by atoms with Gasteiger partial charge in [0.2, 0.25) is 0 Å². The smallest absolute Gasteiger partial charge is 0.354 e. The summed E-state index contributed by atoms with van der Waals surface area (Å²) < 4.78 is 309. The van der Waals surface area contributed by atoms with Crippen LogP contribution in [-0.4, -0.2) is 81.7 Å². The predicted octanol–water partition coefficient (Wildman–Crippen LogP) is 6.51. The Morgan fingerprint density at radius 3 is 0.526 bits per heavy atom. The first-order chi connectivity index (χ1) is 15.8. The van der Waals surface area contributed by atoms with E-state index in [1.807, 2.05) is 0 Å². The van der Waals surface area contributed by atoms with Crippen molar-refractivity contribution in [1.82, 2.24) is 0 Å².